The summed E-state index contributed by atoms with van der Waals surface area (Å²) in [7, 11) is -1.66. The van der Waals surface area contributed by atoms with Crippen molar-refractivity contribution < 1.29 is 20.4 Å². The fourth-order valence-corrected chi connectivity index (χ4v) is 6.91. The molecule has 2 aliphatic carbocycles. The molecular formula is C16H34O4Si2. The first-order chi connectivity index (χ1) is 10.3. The van der Waals surface area contributed by atoms with E-state index in [2.05, 4.69) is 32.3 Å². The van der Waals surface area contributed by atoms with Gasteiger partial charge in [0, 0.05) is 8.80 Å². The number of rotatable bonds is 2. The van der Waals surface area contributed by atoms with Crippen LogP contribution in [0.25, 0.3) is 0 Å². The molecule has 0 heterocycles. The second kappa shape index (κ2) is 9.34. The average molecular weight is 347 g/mol. The Morgan fingerprint density at radius 2 is 1.55 bits per heavy atom. The summed E-state index contributed by atoms with van der Waals surface area (Å²) in [5.41, 5.74) is 0.443. The summed E-state index contributed by atoms with van der Waals surface area (Å²) in [5.74, 6) is 0. The molecule has 1 saturated carbocycles. The molecule has 1 unspecified atom stereocenters. The highest BCUT2D eigenvalue weighted by molar-refractivity contribution is 6.64. The summed E-state index contributed by atoms with van der Waals surface area (Å²) in [6, 6.07) is 0. The van der Waals surface area contributed by atoms with Crippen LogP contribution >= 0.6 is 0 Å². The predicted octanol–water partition coefficient (Wildman–Crippen LogP) is 1.20. The van der Waals surface area contributed by atoms with Crippen LogP contribution in [0, 0.1) is 0 Å². The Hall–Kier alpha value is 0.0138. The molecule has 4 nitrogen and oxygen atoms in total. The minimum atomic E-state index is -0.897. The van der Waals surface area contributed by atoms with Crippen molar-refractivity contribution in [3.8, 4) is 0 Å². The molecule has 2 rings (SSSR count). The van der Waals surface area contributed by atoms with Gasteiger partial charge in [-0.1, -0.05) is 50.3 Å². The van der Waals surface area contributed by atoms with Crippen LogP contribution in [-0.4, -0.2) is 62.4 Å². The van der Waals surface area contributed by atoms with Crippen molar-refractivity contribution in [2.45, 2.75) is 88.2 Å². The first kappa shape index (κ1) is 20.1. The summed E-state index contributed by atoms with van der Waals surface area (Å²) < 4.78 is 0. The van der Waals surface area contributed by atoms with E-state index in [9.17, 15) is 20.4 Å². The maximum atomic E-state index is 9.59. The standard InChI is InChI=1S/C8H18O2Si.C8H16O2Si/c2*1-11(2)7-5-3-4-6(9)8(7)10/h6-11H,3-5H2,1-2H3;5-6,8-11H,3-4H2,1-2H3/t6-,7?,8-;6-,8-/m00/s1. The molecule has 0 aromatic carbocycles. The number of aliphatic hydroxyl groups excluding tert-OH is 4. The third-order valence-electron chi connectivity index (χ3n) is 4.94. The van der Waals surface area contributed by atoms with E-state index in [1.54, 1.807) is 0 Å². The number of aliphatic hydroxyl groups is 4. The van der Waals surface area contributed by atoms with Gasteiger partial charge < -0.3 is 20.4 Å². The summed E-state index contributed by atoms with van der Waals surface area (Å²) in [5, 5.41) is 38.9. The first-order valence-corrected chi connectivity index (χ1v) is 14.5. The number of hydrogen-bond acceptors (Lipinski definition) is 4. The minimum Gasteiger partial charge on any atom is -0.390 e. The summed E-state index contributed by atoms with van der Waals surface area (Å²) in [6.07, 6.45) is 4.83. The summed E-state index contributed by atoms with van der Waals surface area (Å²) >= 11 is 0. The first-order valence-electron chi connectivity index (χ1n) is 8.67. The van der Waals surface area contributed by atoms with E-state index in [4.69, 9.17) is 0 Å². The smallest absolute Gasteiger partial charge is 0.0971 e. The lowest BCUT2D eigenvalue weighted by molar-refractivity contribution is -0.00909. The Bertz CT molecular complexity index is 360. The topological polar surface area (TPSA) is 80.9 Å². The van der Waals surface area contributed by atoms with Crippen LogP contribution in [0.4, 0.5) is 0 Å². The highest BCUT2D eigenvalue weighted by Gasteiger charge is 2.32. The van der Waals surface area contributed by atoms with Crippen LogP contribution in [-0.2, 0) is 0 Å². The molecular weight excluding hydrogens is 312 g/mol. The second-order valence-corrected chi connectivity index (χ2v) is 13.7. The molecule has 6 heteroatoms. The quantitative estimate of drug-likeness (QED) is 0.567. The average Bonchev–Trinajstić information content (AvgIpc) is 2.45. The second-order valence-electron chi connectivity index (χ2n) is 7.35. The monoisotopic (exact) mass is 346 g/mol. The lowest BCUT2D eigenvalue weighted by Crippen LogP contribution is -2.39. The maximum Gasteiger partial charge on any atom is 0.0971 e. The van der Waals surface area contributed by atoms with Crippen molar-refractivity contribution in [3.63, 3.8) is 0 Å². The van der Waals surface area contributed by atoms with Gasteiger partial charge in [-0.3, -0.25) is 0 Å². The molecule has 0 aromatic heterocycles. The molecule has 0 aliphatic heterocycles. The van der Waals surface area contributed by atoms with Crippen LogP contribution in [0.3, 0.4) is 0 Å². The van der Waals surface area contributed by atoms with E-state index in [0.717, 1.165) is 30.9 Å². The zero-order valence-electron chi connectivity index (χ0n) is 14.4. The van der Waals surface area contributed by atoms with Gasteiger partial charge in [-0.25, -0.2) is 0 Å². The lowest BCUT2D eigenvalue weighted by atomic mass is 9.94. The summed E-state index contributed by atoms with van der Waals surface area (Å²) in [6.45, 7) is 8.83. The molecule has 1 fully saturated rings. The third-order valence-corrected chi connectivity index (χ3v) is 9.29. The van der Waals surface area contributed by atoms with E-state index in [0.29, 0.717) is 12.0 Å². The minimum absolute atomic E-state index is 0.421. The van der Waals surface area contributed by atoms with Gasteiger partial charge in [0.1, 0.15) is 0 Å². The van der Waals surface area contributed by atoms with Gasteiger partial charge >= 0.3 is 0 Å². The molecule has 0 amide bonds. The van der Waals surface area contributed by atoms with Crippen molar-refractivity contribution in [1.82, 2.24) is 0 Å². The molecule has 5 atom stereocenters. The molecule has 0 spiro atoms. The van der Waals surface area contributed by atoms with Gasteiger partial charge in [0.25, 0.3) is 0 Å². The molecule has 0 radical (unpaired) electrons. The molecule has 4 N–H and O–H groups in total. The van der Waals surface area contributed by atoms with Crippen molar-refractivity contribution >= 4 is 17.6 Å². The molecule has 2 aliphatic rings. The van der Waals surface area contributed by atoms with Crippen LogP contribution < -0.4 is 0 Å². The zero-order chi connectivity index (χ0) is 16.9. The van der Waals surface area contributed by atoms with E-state index >= 15 is 0 Å². The number of hydrogen-bond donors (Lipinski definition) is 4. The van der Waals surface area contributed by atoms with E-state index in [1.165, 1.54) is 0 Å². The van der Waals surface area contributed by atoms with Crippen molar-refractivity contribution in [1.29, 1.82) is 0 Å². The van der Waals surface area contributed by atoms with Crippen molar-refractivity contribution in [3.05, 3.63) is 11.3 Å². The number of allylic oxidation sites excluding steroid dienone is 1. The Morgan fingerprint density at radius 1 is 0.909 bits per heavy atom. The van der Waals surface area contributed by atoms with Crippen molar-refractivity contribution in [2.24, 2.45) is 0 Å². The highest BCUT2D eigenvalue weighted by atomic mass is 28.3. The van der Waals surface area contributed by atoms with Gasteiger partial charge in [0.2, 0.25) is 0 Å². The lowest BCUT2D eigenvalue weighted by Gasteiger charge is -2.33. The Labute approximate surface area is 138 Å². The van der Waals surface area contributed by atoms with E-state index < -0.39 is 42.0 Å². The van der Waals surface area contributed by atoms with Crippen LogP contribution in [0.2, 0.25) is 31.7 Å². The van der Waals surface area contributed by atoms with E-state index in [-0.39, 0.29) is 0 Å². The normalized spacial score (nSPS) is 35.9. The van der Waals surface area contributed by atoms with Gasteiger partial charge in [-0.2, -0.15) is 0 Å². The fraction of sp³-hybridized carbons (Fsp3) is 0.875. The van der Waals surface area contributed by atoms with Crippen LogP contribution in [0.15, 0.2) is 11.3 Å². The van der Waals surface area contributed by atoms with Gasteiger partial charge in [0.15, 0.2) is 0 Å². The molecule has 0 aromatic rings. The summed E-state index contributed by atoms with van der Waals surface area (Å²) in [4.78, 5) is 0. The SMILES string of the molecule is C[SiH](C)C1=CCC[C@H](O)[C@@H]1O.C[SiH](C)C1CCC[C@H](O)[C@@H]1O. The largest absolute Gasteiger partial charge is 0.390 e. The highest BCUT2D eigenvalue weighted by Crippen LogP contribution is 2.31. The van der Waals surface area contributed by atoms with Crippen LogP contribution in [0.1, 0.15) is 32.1 Å². The Morgan fingerprint density at radius 3 is 2.00 bits per heavy atom. The fourth-order valence-electron chi connectivity index (χ4n) is 3.42. The Kier molecular flexibility index (Phi) is 8.52. The Balaban J connectivity index is 0.000000220. The van der Waals surface area contributed by atoms with E-state index in [1.807, 2.05) is 0 Å². The van der Waals surface area contributed by atoms with Gasteiger partial charge in [0.05, 0.1) is 33.2 Å². The van der Waals surface area contributed by atoms with Crippen molar-refractivity contribution in [2.75, 3.05) is 0 Å². The zero-order valence-corrected chi connectivity index (χ0v) is 16.8. The maximum absolute atomic E-state index is 9.59. The third kappa shape index (κ3) is 5.58. The van der Waals surface area contributed by atoms with Crippen LogP contribution in [0.5, 0.6) is 0 Å². The molecule has 0 bridgehead atoms. The van der Waals surface area contributed by atoms with Gasteiger partial charge in [-0.15, -0.1) is 0 Å². The molecule has 0 saturated heterocycles. The molecule has 22 heavy (non-hydrogen) atoms. The molecule has 130 valence electrons. The van der Waals surface area contributed by atoms with Gasteiger partial charge in [-0.05, 0) is 24.8 Å². The predicted molar refractivity (Wildman–Crippen MR) is 96.7 cm³/mol.